The lowest BCUT2D eigenvalue weighted by Gasteiger charge is -2.44. The third-order valence-electron chi connectivity index (χ3n) is 5.45. The smallest absolute Gasteiger partial charge is 0.411 e. The summed E-state index contributed by atoms with van der Waals surface area (Å²) >= 11 is 0. The maximum Gasteiger partial charge on any atom is 0.411 e. The molecule has 1 saturated heterocycles. The zero-order valence-corrected chi connectivity index (χ0v) is 19.4. The van der Waals surface area contributed by atoms with Crippen molar-refractivity contribution in [1.82, 2.24) is 10.2 Å². The van der Waals surface area contributed by atoms with Gasteiger partial charge in [0.15, 0.2) is 0 Å². The monoisotopic (exact) mass is 427 g/mol. The summed E-state index contributed by atoms with van der Waals surface area (Å²) in [5.41, 5.74) is -1.62. The molecule has 172 valence electrons. The van der Waals surface area contributed by atoms with E-state index in [0.717, 1.165) is 6.42 Å². The lowest BCUT2D eigenvalue weighted by atomic mass is 9.81. The van der Waals surface area contributed by atoms with Crippen LogP contribution in [0.25, 0.3) is 0 Å². The molecule has 30 heavy (non-hydrogen) atoms. The van der Waals surface area contributed by atoms with Crippen molar-refractivity contribution in [3.63, 3.8) is 0 Å². The average Bonchev–Trinajstić information content (AvgIpc) is 3.03. The van der Waals surface area contributed by atoms with E-state index in [1.54, 1.807) is 27.9 Å². The molecule has 9 heteroatoms. The normalized spacial score (nSPS) is 24.5. The zero-order valence-electron chi connectivity index (χ0n) is 19.4. The van der Waals surface area contributed by atoms with Crippen LogP contribution in [0.15, 0.2) is 0 Å². The first-order valence-corrected chi connectivity index (χ1v) is 10.3. The molecule has 0 aliphatic carbocycles. The number of carbonyl (C=O) groups is 3. The summed E-state index contributed by atoms with van der Waals surface area (Å²) in [6, 6.07) is -2.32. The van der Waals surface area contributed by atoms with Crippen LogP contribution in [0, 0.1) is 11.3 Å². The third-order valence-corrected chi connectivity index (χ3v) is 5.45. The Hall–Kier alpha value is -2.16. The van der Waals surface area contributed by atoms with E-state index in [2.05, 4.69) is 5.32 Å². The van der Waals surface area contributed by atoms with Gasteiger partial charge in [-0.1, -0.05) is 13.3 Å². The molecule has 0 aromatic heterocycles. The molecule has 5 atom stereocenters. The van der Waals surface area contributed by atoms with E-state index in [-0.39, 0.29) is 12.3 Å². The first-order valence-electron chi connectivity index (χ1n) is 10.3. The number of ether oxygens (including phenoxy) is 3. The predicted octanol–water partition coefficient (Wildman–Crippen LogP) is 2.51. The molecule has 0 radical (unpaired) electrons. The highest BCUT2D eigenvalue weighted by Crippen LogP contribution is 2.38. The van der Waals surface area contributed by atoms with Crippen LogP contribution in [-0.2, 0) is 23.8 Å². The lowest BCUT2D eigenvalue weighted by molar-refractivity contribution is -0.147. The molecule has 1 heterocycles. The van der Waals surface area contributed by atoms with Gasteiger partial charge in [-0.2, -0.15) is 0 Å². The number of rotatable bonds is 8. The maximum absolute atomic E-state index is 13.2. The third kappa shape index (κ3) is 5.93. The highest BCUT2D eigenvalue weighted by atomic mass is 16.6. The molecule has 1 aliphatic heterocycles. The number of hydrogen-bond acceptors (Lipinski definition) is 7. The standard InChI is InChI=1S/C21H37N3O6/c1-9-10-21(6,29-8)17(23-13(2)25)16-14(12-22)11-15(18(26)28-7)24(16)19(27)30-20(3,4)5/h12,14-17,22H,9-11H2,1-8H3,(H,23,25)/t14-,15+,16+,17+,21?/m0/s1. The van der Waals surface area contributed by atoms with Gasteiger partial charge in [0.25, 0.3) is 0 Å². The van der Waals surface area contributed by atoms with Crippen LogP contribution in [-0.4, -0.2) is 72.6 Å². The Labute approximate surface area is 179 Å². The summed E-state index contributed by atoms with van der Waals surface area (Å²) in [4.78, 5) is 39.1. The van der Waals surface area contributed by atoms with Gasteiger partial charge in [0.05, 0.1) is 24.8 Å². The fourth-order valence-corrected chi connectivity index (χ4v) is 4.11. The molecule has 1 unspecified atom stereocenters. The lowest BCUT2D eigenvalue weighted by Crippen LogP contribution is -2.64. The summed E-state index contributed by atoms with van der Waals surface area (Å²) in [7, 11) is 2.80. The zero-order chi connectivity index (χ0) is 23.3. The Kier molecular flexibility index (Phi) is 8.83. The summed E-state index contributed by atoms with van der Waals surface area (Å²) in [5.74, 6) is -1.38. The van der Waals surface area contributed by atoms with Gasteiger partial charge in [-0.05, 0) is 40.5 Å². The number of nitrogens with zero attached hydrogens (tertiary/aromatic N) is 1. The molecule has 0 aromatic carbocycles. The summed E-state index contributed by atoms with van der Waals surface area (Å²) in [6.07, 6.45) is 2.08. The SMILES string of the molecule is CCCC(C)(OC)[C@H](NC(C)=O)[C@H]1[C@H](C=N)C[C@H](C(=O)OC)N1C(=O)OC(C)(C)C. The molecule has 0 saturated carbocycles. The molecule has 0 spiro atoms. The Bertz CT molecular complexity index is 647. The Morgan fingerprint density at radius 1 is 1.23 bits per heavy atom. The molecule has 9 nitrogen and oxygen atoms in total. The van der Waals surface area contributed by atoms with Crippen LogP contribution >= 0.6 is 0 Å². The van der Waals surface area contributed by atoms with Gasteiger partial charge in [-0.25, -0.2) is 9.59 Å². The molecule has 1 aliphatic rings. The minimum atomic E-state index is -0.930. The second-order valence-corrected chi connectivity index (χ2v) is 8.93. The Morgan fingerprint density at radius 2 is 1.83 bits per heavy atom. The number of nitrogens with one attached hydrogen (secondary N) is 2. The first-order chi connectivity index (χ1) is 13.8. The number of amides is 2. The largest absolute Gasteiger partial charge is 0.467 e. The van der Waals surface area contributed by atoms with Gasteiger partial charge in [0, 0.05) is 26.2 Å². The quantitative estimate of drug-likeness (QED) is 0.454. The molecule has 0 bridgehead atoms. The summed E-state index contributed by atoms with van der Waals surface area (Å²) in [5, 5.41) is 10.9. The van der Waals surface area contributed by atoms with E-state index >= 15 is 0 Å². The predicted molar refractivity (Wildman–Crippen MR) is 112 cm³/mol. The van der Waals surface area contributed by atoms with Crippen LogP contribution < -0.4 is 5.32 Å². The molecule has 1 fully saturated rings. The van der Waals surface area contributed by atoms with Crippen LogP contribution in [0.5, 0.6) is 0 Å². The van der Waals surface area contributed by atoms with Crippen molar-refractivity contribution < 1.29 is 28.6 Å². The first kappa shape index (κ1) is 25.9. The number of hydrogen-bond donors (Lipinski definition) is 2. The average molecular weight is 428 g/mol. The van der Waals surface area contributed by atoms with Gasteiger partial charge in [0.1, 0.15) is 11.6 Å². The minimum Gasteiger partial charge on any atom is -0.467 e. The number of esters is 1. The fraction of sp³-hybridized carbons (Fsp3) is 0.810. The van der Waals surface area contributed by atoms with Crippen molar-refractivity contribution in [2.75, 3.05) is 14.2 Å². The van der Waals surface area contributed by atoms with Gasteiger partial charge >= 0.3 is 12.1 Å². The summed E-state index contributed by atoms with van der Waals surface area (Å²) in [6.45, 7) is 10.4. The molecule has 1 rings (SSSR count). The van der Waals surface area contributed by atoms with Crippen molar-refractivity contribution in [3.05, 3.63) is 0 Å². The van der Waals surface area contributed by atoms with Crippen molar-refractivity contribution in [2.45, 2.75) is 90.1 Å². The highest BCUT2D eigenvalue weighted by molar-refractivity contribution is 5.84. The topological polar surface area (TPSA) is 118 Å². The molecular formula is C21H37N3O6. The molecule has 0 aromatic rings. The second-order valence-electron chi connectivity index (χ2n) is 8.93. The number of carbonyl (C=O) groups excluding carboxylic acids is 3. The number of likely N-dealkylation sites (tertiary alicyclic amines) is 1. The number of methoxy groups -OCH3 is 2. The Morgan fingerprint density at radius 3 is 2.23 bits per heavy atom. The van der Waals surface area contributed by atoms with E-state index in [4.69, 9.17) is 19.6 Å². The van der Waals surface area contributed by atoms with Crippen molar-refractivity contribution in [3.8, 4) is 0 Å². The van der Waals surface area contributed by atoms with Gasteiger partial charge in [-0.3, -0.25) is 9.69 Å². The maximum atomic E-state index is 13.2. The summed E-state index contributed by atoms with van der Waals surface area (Å²) < 4.78 is 16.3. The van der Waals surface area contributed by atoms with Crippen LogP contribution in [0.1, 0.15) is 60.8 Å². The fourth-order valence-electron chi connectivity index (χ4n) is 4.11. The second kappa shape index (κ2) is 10.2. The molecule has 2 N–H and O–H groups in total. The highest BCUT2D eigenvalue weighted by Gasteiger charge is 2.55. The van der Waals surface area contributed by atoms with Crippen LogP contribution in [0.4, 0.5) is 4.79 Å². The molecule has 2 amide bonds. The van der Waals surface area contributed by atoms with Gasteiger partial charge in [-0.15, -0.1) is 0 Å². The van der Waals surface area contributed by atoms with Crippen LogP contribution in [0.3, 0.4) is 0 Å². The van der Waals surface area contributed by atoms with E-state index in [0.29, 0.717) is 6.42 Å². The Balaban J connectivity index is 3.59. The van der Waals surface area contributed by atoms with E-state index < -0.39 is 47.3 Å². The minimum absolute atomic E-state index is 0.197. The van der Waals surface area contributed by atoms with Gasteiger partial charge < -0.3 is 24.9 Å². The van der Waals surface area contributed by atoms with E-state index in [1.807, 2.05) is 13.8 Å². The van der Waals surface area contributed by atoms with Crippen LogP contribution in [0.2, 0.25) is 0 Å². The van der Waals surface area contributed by atoms with Crippen molar-refractivity contribution in [1.29, 1.82) is 5.41 Å². The molecular weight excluding hydrogens is 390 g/mol. The van der Waals surface area contributed by atoms with E-state index in [9.17, 15) is 14.4 Å². The van der Waals surface area contributed by atoms with Crippen molar-refractivity contribution >= 4 is 24.2 Å². The van der Waals surface area contributed by atoms with Gasteiger partial charge in [0.2, 0.25) is 5.91 Å². The van der Waals surface area contributed by atoms with E-state index in [1.165, 1.54) is 25.1 Å². The van der Waals surface area contributed by atoms with Crippen molar-refractivity contribution in [2.24, 2.45) is 5.92 Å².